The van der Waals surface area contributed by atoms with Crippen LogP contribution in [0.2, 0.25) is 0 Å². The first-order chi connectivity index (χ1) is 8.84. The van der Waals surface area contributed by atoms with Crippen molar-refractivity contribution in [1.82, 2.24) is 10.2 Å². The number of rotatable bonds is 10. The molecule has 0 radical (unpaired) electrons. The normalized spacial score (nSPS) is 17.5. The number of aliphatic hydroxyl groups is 1. The molecule has 0 aromatic heterocycles. The molecule has 0 heterocycles. The maximum Gasteiger partial charge on any atom is 0.0431 e. The zero-order valence-corrected chi connectivity index (χ0v) is 12.2. The van der Waals surface area contributed by atoms with E-state index in [0.29, 0.717) is 6.61 Å². The Balaban J connectivity index is 1.87. The predicted octanol–water partition coefficient (Wildman–Crippen LogP) is 2.39. The summed E-state index contributed by atoms with van der Waals surface area (Å²) in [5, 5.41) is 12.2. The monoisotopic (exact) mass is 256 g/mol. The van der Waals surface area contributed by atoms with Gasteiger partial charge in [0.1, 0.15) is 0 Å². The third-order valence-electron chi connectivity index (χ3n) is 4.07. The zero-order chi connectivity index (χ0) is 13.1. The Morgan fingerprint density at radius 2 is 1.72 bits per heavy atom. The fraction of sp³-hybridized carbons (Fsp3) is 1.00. The molecule has 1 aliphatic rings. The van der Waals surface area contributed by atoms with E-state index in [2.05, 4.69) is 17.3 Å². The summed E-state index contributed by atoms with van der Waals surface area (Å²) in [4.78, 5) is 2.56. The van der Waals surface area contributed by atoms with Crippen molar-refractivity contribution in [3.05, 3.63) is 0 Å². The SMILES string of the molecule is CN(CCCNCCCCCO)C1CCCCC1. The van der Waals surface area contributed by atoms with Crippen LogP contribution in [0.1, 0.15) is 57.8 Å². The second-order valence-corrected chi connectivity index (χ2v) is 5.66. The minimum absolute atomic E-state index is 0.339. The Morgan fingerprint density at radius 1 is 1.00 bits per heavy atom. The van der Waals surface area contributed by atoms with Gasteiger partial charge in [-0.05, 0) is 65.2 Å². The van der Waals surface area contributed by atoms with Crippen LogP contribution in [0, 0.1) is 0 Å². The summed E-state index contributed by atoms with van der Waals surface area (Å²) < 4.78 is 0. The number of nitrogens with zero attached hydrogens (tertiary/aromatic N) is 1. The van der Waals surface area contributed by atoms with E-state index in [-0.39, 0.29) is 0 Å². The molecule has 0 amide bonds. The maximum atomic E-state index is 8.67. The molecule has 1 rings (SSSR count). The molecule has 3 nitrogen and oxygen atoms in total. The molecule has 2 N–H and O–H groups in total. The first-order valence-electron chi connectivity index (χ1n) is 7.86. The van der Waals surface area contributed by atoms with Gasteiger partial charge in [0.25, 0.3) is 0 Å². The standard InChI is InChI=1S/C15H32N2O/c1-17(15-9-4-2-5-10-15)13-8-12-16-11-6-3-7-14-18/h15-16,18H,2-14H2,1H3. The summed E-state index contributed by atoms with van der Waals surface area (Å²) in [6.45, 7) is 3.81. The lowest BCUT2D eigenvalue weighted by Crippen LogP contribution is -2.35. The highest BCUT2D eigenvalue weighted by molar-refractivity contribution is 4.73. The Morgan fingerprint density at radius 3 is 2.44 bits per heavy atom. The second-order valence-electron chi connectivity index (χ2n) is 5.66. The van der Waals surface area contributed by atoms with Crippen LogP contribution in [-0.4, -0.2) is 49.3 Å². The fourth-order valence-electron chi connectivity index (χ4n) is 2.82. The van der Waals surface area contributed by atoms with E-state index in [1.165, 1.54) is 51.5 Å². The predicted molar refractivity (Wildman–Crippen MR) is 77.9 cm³/mol. The van der Waals surface area contributed by atoms with Crippen LogP contribution < -0.4 is 5.32 Å². The summed E-state index contributed by atoms with van der Waals surface area (Å²) in [6.07, 6.45) is 11.7. The molecule has 0 aromatic carbocycles. The summed E-state index contributed by atoms with van der Waals surface area (Å²) in [6, 6.07) is 0.850. The van der Waals surface area contributed by atoms with Gasteiger partial charge in [-0.25, -0.2) is 0 Å². The van der Waals surface area contributed by atoms with Gasteiger partial charge >= 0.3 is 0 Å². The highest BCUT2D eigenvalue weighted by Gasteiger charge is 2.16. The highest BCUT2D eigenvalue weighted by atomic mass is 16.2. The molecule has 0 atom stereocenters. The first-order valence-corrected chi connectivity index (χ1v) is 7.86. The van der Waals surface area contributed by atoms with Gasteiger partial charge in [-0.15, -0.1) is 0 Å². The van der Waals surface area contributed by atoms with E-state index in [1.807, 2.05) is 0 Å². The van der Waals surface area contributed by atoms with Crippen LogP contribution in [0.3, 0.4) is 0 Å². The van der Waals surface area contributed by atoms with Gasteiger partial charge < -0.3 is 15.3 Å². The van der Waals surface area contributed by atoms with Gasteiger partial charge in [0, 0.05) is 12.6 Å². The number of hydrogen-bond donors (Lipinski definition) is 2. The van der Waals surface area contributed by atoms with Crippen molar-refractivity contribution < 1.29 is 5.11 Å². The van der Waals surface area contributed by atoms with Crippen molar-refractivity contribution in [3.63, 3.8) is 0 Å². The quantitative estimate of drug-likeness (QED) is 0.589. The molecule has 0 aliphatic heterocycles. The molecule has 18 heavy (non-hydrogen) atoms. The van der Waals surface area contributed by atoms with E-state index in [9.17, 15) is 0 Å². The van der Waals surface area contributed by atoms with Crippen molar-refractivity contribution in [1.29, 1.82) is 0 Å². The first kappa shape index (κ1) is 15.9. The van der Waals surface area contributed by atoms with Crippen LogP contribution >= 0.6 is 0 Å². The van der Waals surface area contributed by atoms with Crippen molar-refractivity contribution in [2.24, 2.45) is 0 Å². The minimum atomic E-state index is 0.339. The molecule has 0 unspecified atom stereocenters. The van der Waals surface area contributed by atoms with Crippen molar-refractivity contribution in [2.75, 3.05) is 33.3 Å². The molecule has 0 bridgehead atoms. The lowest BCUT2D eigenvalue weighted by Gasteiger charge is -2.31. The third-order valence-corrected chi connectivity index (χ3v) is 4.07. The molecular formula is C15H32N2O. The topological polar surface area (TPSA) is 35.5 Å². The van der Waals surface area contributed by atoms with Gasteiger partial charge in [-0.2, -0.15) is 0 Å². The molecule has 1 fully saturated rings. The Bertz CT molecular complexity index is 181. The van der Waals surface area contributed by atoms with Gasteiger partial charge in [-0.1, -0.05) is 19.3 Å². The number of unbranched alkanes of at least 4 members (excludes halogenated alkanes) is 2. The maximum absolute atomic E-state index is 8.67. The van der Waals surface area contributed by atoms with Crippen LogP contribution in [0.4, 0.5) is 0 Å². The summed E-state index contributed by atoms with van der Waals surface area (Å²) in [5.74, 6) is 0. The number of nitrogens with one attached hydrogen (secondary N) is 1. The molecule has 0 spiro atoms. The van der Waals surface area contributed by atoms with Crippen molar-refractivity contribution >= 4 is 0 Å². The van der Waals surface area contributed by atoms with Crippen molar-refractivity contribution in [2.45, 2.75) is 63.8 Å². The lowest BCUT2D eigenvalue weighted by atomic mass is 9.94. The smallest absolute Gasteiger partial charge is 0.0431 e. The second kappa shape index (κ2) is 10.8. The molecule has 108 valence electrons. The minimum Gasteiger partial charge on any atom is -0.396 e. The molecule has 3 heteroatoms. The lowest BCUT2D eigenvalue weighted by molar-refractivity contribution is 0.189. The van der Waals surface area contributed by atoms with Crippen LogP contribution in [0.15, 0.2) is 0 Å². The Hall–Kier alpha value is -0.120. The fourth-order valence-corrected chi connectivity index (χ4v) is 2.82. The van der Waals surface area contributed by atoms with Crippen molar-refractivity contribution in [3.8, 4) is 0 Å². The van der Waals surface area contributed by atoms with Crippen LogP contribution in [0.25, 0.3) is 0 Å². The summed E-state index contributed by atoms with van der Waals surface area (Å²) >= 11 is 0. The highest BCUT2D eigenvalue weighted by Crippen LogP contribution is 2.21. The third kappa shape index (κ3) is 7.34. The molecule has 0 saturated heterocycles. The molecule has 1 aliphatic carbocycles. The van der Waals surface area contributed by atoms with E-state index in [4.69, 9.17) is 5.11 Å². The van der Waals surface area contributed by atoms with Gasteiger partial charge in [0.15, 0.2) is 0 Å². The van der Waals surface area contributed by atoms with Crippen LogP contribution in [0.5, 0.6) is 0 Å². The summed E-state index contributed by atoms with van der Waals surface area (Å²) in [5.41, 5.74) is 0. The largest absolute Gasteiger partial charge is 0.396 e. The van der Waals surface area contributed by atoms with E-state index in [1.54, 1.807) is 0 Å². The van der Waals surface area contributed by atoms with E-state index in [0.717, 1.165) is 32.0 Å². The van der Waals surface area contributed by atoms with E-state index >= 15 is 0 Å². The molecule has 1 saturated carbocycles. The van der Waals surface area contributed by atoms with E-state index < -0.39 is 0 Å². The van der Waals surface area contributed by atoms with Gasteiger partial charge in [-0.3, -0.25) is 0 Å². The Labute approximate surface area is 113 Å². The Kier molecular flexibility index (Phi) is 9.54. The molecule has 0 aromatic rings. The zero-order valence-electron chi connectivity index (χ0n) is 12.2. The number of hydrogen-bond acceptors (Lipinski definition) is 3. The number of aliphatic hydroxyl groups excluding tert-OH is 1. The van der Waals surface area contributed by atoms with Gasteiger partial charge in [0.05, 0.1) is 0 Å². The molecular weight excluding hydrogens is 224 g/mol. The average molecular weight is 256 g/mol. The summed E-state index contributed by atoms with van der Waals surface area (Å²) in [7, 11) is 2.29. The van der Waals surface area contributed by atoms with Gasteiger partial charge in [0.2, 0.25) is 0 Å². The van der Waals surface area contributed by atoms with Crippen LogP contribution in [-0.2, 0) is 0 Å². The average Bonchev–Trinajstić information content (AvgIpc) is 2.42.